The molecule has 0 spiro atoms. The summed E-state index contributed by atoms with van der Waals surface area (Å²) in [6, 6.07) is 0.0321. The third kappa shape index (κ3) is 2.75. The van der Waals surface area contributed by atoms with Crippen LogP contribution in [-0.2, 0) is 4.79 Å². The Balaban J connectivity index is 1.82. The van der Waals surface area contributed by atoms with Crippen molar-refractivity contribution >= 4 is 11.9 Å². The zero-order chi connectivity index (χ0) is 13.1. The smallest absolute Gasteiger partial charge is 0.319 e. The summed E-state index contributed by atoms with van der Waals surface area (Å²) in [5, 5.41) is 3.22. The van der Waals surface area contributed by atoms with Gasteiger partial charge in [0.25, 0.3) is 0 Å². The van der Waals surface area contributed by atoms with Crippen molar-refractivity contribution in [2.45, 2.75) is 6.42 Å². The molecule has 2 rings (SSSR count). The number of hydrogen-bond donors (Lipinski definition) is 1. The van der Waals surface area contributed by atoms with Gasteiger partial charge in [0.2, 0.25) is 5.91 Å². The number of rotatable bonds is 1. The first-order valence-corrected chi connectivity index (χ1v) is 6.55. The summed E-state index contributed by atoms with van der Waals surface area (Å²) in [4.78, 5) is 29.2. The molecule has 2 aliphatic rings. The largest absolute Gasteiger partial charge is 0.339 e. The highest BCUT2D eigenvalue weighted by atomic mass is 16.2. The van der Waals surface area contributed by atoms with E-state index >= 15 is 0 Å². The number of amides is 3. The van der Waals surface area contributed by atoms with Crippen molar-refractivity contribution in [1.82, 2.24) is 20.0 Å². The SMILES string of the molecule is CN(C)C(=O)N1CCN(C(=O)[C@H]2CCNC2)CC1. The Hall–Kier alpha value is -1.30. The van der Waals surface area contributed by atoms with E-state index in [4.69, 9.17) is 0 Å². The van der Waals surface area contributed by atoms with Crippen molar-refractivity contribution in [2.75, 3.05) is 53.4 Å². The van der Waals surface area contributed by atoms with E-state index in [1.54, 1.807) is 23.9 Å². The van der Waals surface area contributed by atoms with Gasteiger partial charge in [-0.3, -0.25) is 4.79 Å². The van der Waals surface area contributed by atoms with Gasteiger partial charge >= 0.3 is 6.03 Å². The fourth-order valence-corrected chi connectivity index (χ4v) is 2.52. The molecule has 2 aliphatic heterocycles. The third-order valence-corrected chi connectivity index (χ3v) is 3.65. The Morgan fingerprint density at radius 3 is 2.22 bits per heavy atom. The number of carbonyl (C=O) groups is 2. The van der Waals surface area contributed by atoms with Gasteiger partial charge in [-0.05, 0) is 13.0 Å². The predicted octanol–water partition coefficient (Wildman–Crippen LogP) is -0.578. The van der Waals surface area contributed by atoms with Crippen LogP contribution in [0.3, 0.4) is 0 Å². The van der Waals surface area contributed by atoms with Crippen LogP contribution >= 0.6 is 0 Å². The lowest BCUT2D eigenvalue weighted by Gasteiger charge is -2.36. The van der Waals surface area contributed by atoms with Crippen LogP contribution in [0.4, 0.5) is 4.79 Å². The second-order valence-corrected chi connectivity index (χ2v) is 5.18. The molecule has 1 atom stereocenters. The zero-order valence-corrected chi connectivity index (χ0v) is 11.2. The highest BCUT2D eigenvalue weighted by molar-refractivity contribution is 5.80. The Bertz CT molecular complexity index is 318. The normalized spacial score (nSPS) is 24.2. The number of hydrogen-bond acceptors (Lipinski definition) is 3. The molecule has 0 saturated carbocycles. The second kappa shape index (κ2) is 5.56. The molecule has 1 N–H and O–H groups in total. The average Bonchev–Trinajstić information content (AvgIpc) is 2.91. The maximum Gasteiger partial charge on any atom is 0.319 e. The first-order valence-electron chi connectivity index (χ1n) is 6.55. The van der Waals surface area contributed by atoms with Gasteiger partial charge in [-0.15, -0.1) is 0 Å². The van der Waals surface area contributed by atoms with Gasteiger partial charge in [0.1, 0.15) is 0 Å². The number of nitrogens with zero attached hydrogens (tertiary/aromatic N) is 3. The van der Waals surface area contributed by atoms with Gasteiger partial charge in [-0.25, -0.2) is 4.79 Å². The Labute approximate surface area is 108 Å². The zero-order valence-electron chi connectivity index (χ0n) is 11.2. The van der Waals surface area contributed by atoms with Crippen LogP contribution in [0.2, 0.25) is 0 Å². The van der Waals surface area contributed by atoms with Gasteiger partial charge in [-0.1, -0.05) is 0 Å². The van der Waals surface area contributed by atoms with E-state index < -0.39 is 0 Å². The lowest BCUT2D eigenvalue weighted by atomic mass is 10.1. The van der Waals surface area contributed by atoms with E-state index in [-0.39, 0.29) is 17.9 Å². The van der Waals surface area contributed by atoms with Crippen LogP contribution in [-0.4, -0.2) is 80.0 Å². The maximum absolute atomic E-state index is 12.2. The molecule has 6 heteroatoms. The fraction of sp³-hybridized carbons (Fsp3) is 0.833. The van der Waals surface area contributed by atoms with Crippen molar-refractivity contribution in [2.24, 2.45) is 5.92 Å². The molecular formula is C12H22N4O2. The van der Waals surface area contributed by atoms with Crippen molar-refractivity contribution in [3.05, 3.63) is 0 Å². The molecule has 102 valence electrons. The minimum absolute atomic E-state index is 0.0321. The molecule has 18 heavy (non-hydrogen) atoms. The second-order valence-electron chi connectivity index (χ2n) is 5.18. The van der Waals surface area contributed by atoms with Crippen LogP contribution in [0.25, 0.3) is 0 Å². The van der Waals surface area contributed by atoms with Crippen molar-refractivity contribution in [3.8, 4) is 0 Å². The van der Waals surface area contributed by atoms with E-state index in [2.05, 4.69) is 5.32 Å². The lowest BCUT2D eigenvalue weighted by molar-refractivity contribution is -0.136. The minimum Gasteiger partial charge on any atom is -0.339 e. The highest BCUT2D eigenvalue weighted by Gasteiger charge is 2.30. The van der Waals surface area contributed by atoms with Crippen LogP contribution in [0.15, 0.2) is 0 Å². The summed E-state index contributed by atoms with van der Waals surface area (Å²) in [6.45, 7) is 4.35. The number of nitrogens with one attached hydrogen (secondary N) is 1. The van der Waals surface area contributed by atoms with Gasteiger partial charge in [0, 0.05) is 46.8 Å². The summed E-state index contributed by atoms with van der Waals surface area (Å²) >= 11 is 0. The number of urea groups is 1. The quantitative estimate of drug-likeness (QED) is 0.681. The van der Waals surface area contributed by atoms with Crippen LogP contribution in [0.1, 0.15) is 6.42 Å². The van der Waals surface area contributed by atoms with E-state index in [9.17, 15) is 9.59 Å². The molecule has 3 amide bonds. The van der Waals surface area contributed by atoms with Crippen molar-refractivity contribution in [3.63, 3.8) is 0 Å². The highest BCUT2D eigenvalue weighted by Crippen LogP contribution is 2.14. The summed E-state index contributed by atoms with van der Waals surface area (Å²) in [6.07, 6.45) is 0.940. The fourth-order valence-electron chi connectivity index (χ4n) is 2.52. The molecule has 0 radical (unpaired) electrons. The van der Waals surface area contributed by atoms with E-state index in [1.165, 1.54) is 0 Å². The van der Waals surface area contributed by atoms with Crippen molar-refractivity contribution < 1.29 is 9.59 Å². The van der Waals surface area contributed by atoms with Gasteiger partial charge in [-0.2, -0.15) is 0 Å². The molecule has 6 nitrogen and oxygen atoms in total. The first kappa shape index (κ1) is 13.1. The molecular weight excluding hydrogens is 232 g/mol. The topological polar surface area (TPSA) is 55.9 Å². The Morgan fingerprint density at radius 2 is 1.72 bits per heavy atom. The summed E-state index contributed by atoms with van der Waals surface area (Å²) in [5.41, 5.74) is 0. The first-order chi connectivity index (χ1) is 8.59. The maximum atomic E-state index is 12.2. The van der Waals surface area contributed by atoms with E-state index in [1.807, 2.05) is 4.90 Å². The monoisotopic (exact) mass is 254 g/mol. The van der Waals surface area contributed by atoms with Gasteiger partial charge in [0.05, 0.1) is 5.92 Å². The Morgan fingerprint density at radius 1 is 1.11 bits per heavy atom. The van der Waals surface area contributed by atoms with Crippen LogP contribution in [0, 0.1) is 5.92 Å². The summed E-state index contributed by atoms with van der Waals surface area (Å²) in [5.74, 6) is 0.387. The summed E-state index contributed by atoms with van der Waals surface area (Å²) in [7, 11) is 3.51. The minimum atomic E-state index is 0.0321. The number of piperazine rings is 1. The van der Waals surface area contributed by atoms with Crippen LogP contribution in [0.5, 0.6) is 0 Å². The molecule has 2 fully saturated rings. The van der Waals surface area contributed by atoms with E-state index in [0.717, 1.165) is 19.5 Å². The number of carbonyl (C=O) groups excluding carboxylic acids is 2. The lowest BCUT2D eigenvalue weighted by Crippen LogP contribution is -2.54. The van der Waals surface area contributed by atoms with Crippen LogP contribution < -0.4 is 5.32 Å². The average molecular weight is 254 g/mol. The van der Waals surface area contributed by atoms with E-state index in [0.29, 0.717) is 26.2 Å². The van der Waals surface area contributed by atoms with Gasteiger partial charge < -0.3 is 20.0 Å². The third-order valence-electron chi connectivity index (χ3n) is 3.65. The predicted molar refractivity (Wildman–Crippen MR) is 68.2 cm³/mol. The molecule has 0 unspecified atom stereocenters. The van der Waals surface area contributed by atoms with Crippen molar-refractivity contribution in [1.29, 1.82) is 0 Å². The Kier molecular flexibility index (Phi) is 4.06. The summed E-state index contributed by atoms with van der Waals surface area (Å²) < 4.78 is 0. The molecule has 2 saturated heterocycles. The molecule has 0 aromatic carbocycles. The molecule has 0 aromatic heterocycles. The molecule has 0 bridgehead atoms. The standard InChI is InChI=1S/C12H22N4O2/c1-14(2)12(18)16-7-5-15(6-8-16)11(17)10-3-4-13-9-10/h10,13H,3-9H2,1-2H3/t10-/m0/s1. The molecule has 2 heterocycles. The molecule has 0 aromatic rings. The molecule has 0 aliphatic carbocycles. The van der Waals surface area contributed by atoms with Gasteiger partial charge in [0.15, 0.2) is 0 Å².